The number of hydrogen-bond donors (Lipinski definition) is 0. The van der Waals surface area contributed by atoms with Crippen molar-refractivity contribution in [3.05, 3.63) is 209 Å². The standard InChI is InChI=1S/C47H40O3.C3H8/c1-5-14-35-30-37(24-28-44(35)49-32(3)4)47(42-20-12-10-18-40(42)41-19-11-13-21-43(41)47)38-25-29-45(36(31-38)15-6-2)50-39-26-22-34(23-27-39)46(48)33-16-8-7-9-17-33;1-3-2/h5-13,16-32H,1-2,14-15H2,3-4H3;3H2,1-2H3. The van der Waals surface area contributed by atoms with Gasteiger partial charge in [-0.3, -0.25) is 4.79 Å². The topological polar surface area (TPSA) is 35.5 Å². The highest BCUT2D eigenvalue weighted by Crippen LogP contribution is 2.56. The van der Waals surface area contributed by atoms with Gasteiger partial charge in [0.1, 0.15) is 17.2 Å². The highest BCUT2D eigenvalue weighted by molar-refractivity contribution is 6.09. The van der Waals surface area contributed by atoms with Gasteiger partial charge in [0.25, 0.3) is 0 Å². The lowest BCUT2D eigenvalue weighted by Gasteiger charge is -2.35. The first-order valence-electron chi connectivity index (χ1n) is 18.6. The Balaban J connectivity index is 0.00000155. The summed E-state index contributed by atoms with van der Waals surface area (Å²) in [5, 5.41) is 0. The molecule has 6 aromatic rings. The van der Waals surface area contributed by atoms with Gasteiger partial charge in [0.2, 0.25) is 0 Å². The van der Waals surface area contributed by atoms with E-state index in [0.717, 1.165) is 28.2 Å². The van der Waals surface area contributed by atoms with E-state index in [0.29, 0.717) is 29.7 Å². The third-order valence-electron chi connectivity index (χ3n) is 9.41. The number of carbonyl (C=O) groups excluding carboxylic acids is 1. The second-order valence-electron chi connectivity index (χ2n) is 13.7. The largest absolute Gasteiger partial charge is 0.491 e. The Bertz CT molecular complexity index is 2160. The predicted octanol–water partition coefficient (Wildman–Crippen LogP) is 12.7. The van der Waals surface area contributed by atoms with Crippen LogP contribution >= 0.6 is 0 Å². The normalized spacial score (nSPS) is 12.2. The summed E-state index contributed by atoms with van der Waals surface area (Å²) in [6, 6.07) is 47.3. The maximum Gasteiger partial charge on any atom is 0.193 e. The highest BCUT2D eigenvalue weighted by atomic mass is 16.5. The number of hydrogen-bond acceptors (Lipinski definition) is 3. The van der Waals surface area contributed by atoms with E-state index in [2.05, 4.69) is 126 Å². The van der Waals surface area contributed by atoms with Gasteiger partial charge >= 0.3 is 0 Å². The summed E-state index contributed by atoms with van der Waals surface area (Å²) >= 11 is 0. The molecular weight excluding hydrogens is 649 g/mol. The molecule has 0 atom stereocenters. The molecule has 0 unspecified atom stereocenters. The first-order chi connectivity index (χ1) is 25.8. The Morgan fingerprint density at radius 2 is 1.09 bits per heavy atom. The smallest absolute Gasteiger partial charge is 0.193 e. The van der Waals surface area contributed by atoms with Crippen LogP contribution in [0.5, 0.6) is 17.2 Å². The first-order valence-corrected chi connectivity index (χ1v) is 18.6. The molecule has 1 aliphatic rings. The van der Waals surface area contributed by atoms with Crippen LogP contribution in [-0.4, -0.2) is 11.9 Å². The van der Waals surface area contributed by atoms with Crippen LogP contribution in [0.2, 0.25) is 0 Å². The molecule has 266 valence electrons. The van der Waals surface area contributed by atoms with Crippen LogP contribution in [0, 0.1) is 0 Å². The average Bonchev–Trinajstić information content (AvgIpc) is 3.48. The van der Waals surface area contributed by atoms with Crippen LogP contribution in [0.15, 0.2) is 165 Å². The molecule has 0 radical (unpaired) electrons. The van der Waals surface area contributed by atoms with Gasteiger partial charge in [-0.05, 0) is 108 Å². The minimum Gasteiger partial charge on any atom is -0.491 e. The van der Waals surface area contributed by atoms with Crippen molar-refractivity contribution in [2.75, 3.05) is 0 Å². The van der Waals surface area contributed by atoms with Crippen molar-refractivity contribution in [1.82, 2.24) is 0 Å². The lowest BCUT2D eigenvalue weighted by atomic mass is 9.67. The van der Waals surface area contributed by atoms with E-state index in [9.17, 15) is 4.79 Å². The molecule has 53 heavy (non-hydrogen) atoms. The quantitative estimate of drug-likeness (QED) is 0.0942. The van der Waals surface area contributed by atoms with Gasteiger partial charge < -0.3 is 9.47 Å². The lowest BCUT2D eigenvalue weighted by Crippen LogP contribution is -2.29. The van der Waals surface area contributed by atoms with Crippen LogP contribution in [0.25, 0.3) is 11.1 Å². The van der Waals surface area contributed by atoms with Crippen LogP contribution in [-0.2, 0) is 18.3 Å². The SMILES string of the molecule is C=CCc1cc(C2(c3ccc(OC(C)C)c(CC=C)c3)c3ccccc3-c3ccccc32)ccc1Oc1ccc(C(=O)c2ccccc2)cc1.CCC. The van der Waals surface area contributed by atoms with Crippen LogP contribution < -0.4 is 9.47 Å². The zero-order chi connectivity index (χ0) is 37.4. The maximum absolute atomic E-state index is 13.0. The Kier molecular flexibility index (Phi) is 11.5. The van der Waals surface area contributed by atoms with E-state index in [1.54, 1.807) is 0 Å². The number of rotatable bonds is 12. The van der Waals surface area contributed by atoms with Gasteiger partial charge in [-0.25, -0.2) is 0 Å². The van der Waals surface area contributed by atoms with E-state index < -0.39 is 5.41 Å². The molecule has 0 spiro atoms. The van der Waals surface area contributed by atoms with Gasteiger partial charge in [0.05, 0.1) is 11.5 Å². The van der Waals surface area contributed by atoms with Crippen LogP contribution in [0.4, 0.5) is 0 Å². The van der Waals surface area contributed by atoms with Crippen molar-refractivity contribution in [2.45, 2.75) is 58.5 Å². The zero-order valence-corrected chi connectivity index (χ0v) is 31.3. The Hall–Kier alpha value is -5.93. The molecule has 3 nitrogen and oxygen atoms in total. The fraction of sp³-hybridized carbons (Fsp3) is 0.180. The maximum atomic E-state index is 13.0. The fourth-order valence-corrected chi connectivity index (χ4v) is 7.31. The molecule has 0 fully saturated rings. The van der Waals surface area contributed by atoms with Crippen molar-refractivity contribution in [2.24, 2.45) is 0 Å². The third-order valence-corrected chi connectivity index (χ3v) is 9.41. The number of allylic oxidation sites excluding steroid dienone is 2. The van der Waals surface area contributed by atoms with E-state index in [4.69, 9.17) is 9.47 Å². The number of ketones is 1. The van der Waals surface area contributed by atoms with Crippen molar-refractivity contribution in [3.8, 4) is 28.4 Å². The third kappa shape index (κ3) is 7.39. The predicted molar refractivity (Wildman–Crippen MR) is 220 cm³/mol. The number of carbonyl (C=O) groups is 1. The van der Waals surface area contributed by atoms with Gasteiger partial charge in [-0.1, -0.05) is 136 Å². The van der Waals surface area contributed by atoms with Gasteiger partial charge in [-0.15, -0.1) is 13.2 Å². The molecule has 0 saturated carbocycles. The summed E-state index contributed by atoms with van der Waals surface area (Å²) in [4.78, 5) is 13.0. The number of benzene rings is 6. The second-order valence-corrected chi connectivity index (χ2v) is 13.7. The summed E-state index contributed by atoms with van der Waals surface area (Å²) in [6.07, 6.45) is 6.47. The molecule has 1 aliphatic carbocycles. The van der Waals surface area contributed by atoms with E-state index in [-0.39, 0.29) is 11.9 Å². The minimum absolute atomic E-state index is 0.0173. The monoisotopic (exact) mass is 696 g/mol. The van der Waals surface area contributed by atoms with Gasteiger partial charge in [-0.2, -0.15) is 0 Å². The summed E-state index contributed by atoms with van der Waals surface area (Å²) in [5.74, 6) is 2.27. The molecular formula is C50H48O3. The Morgan fingerprint density at radius 1 is 0.623 bits per heavy atom. The minimum atomic E-state index is -0.590. The first kappa shape index (κ1) is 36.8. The second kappa shape index (κ2) is 16.6. The zero-order valence-electron chi connectivity index (χ0n) is 31.3. The summed E-state index contributed by atoms with van der Waals surface area (Å²) in [6.45, 7) is 16.5. The molecule has 0 bridgehead atoms. The van der Waals surface area contributed by atoms with E-state index in [1.807, 2.05) is 66.7 Å². The van der Waals surface area contributed by atoms with Gasteiger partial charge in [0, 0.05) is 11.1 Å². The fourth-order valence-electron chi connectivity index (χ4n) is 7.31. The van der Waals surface area contributed by atoms with Crippen molar-refractivity contribution < 1.29 is 14.3 Å². The molecule has 6 aromatic carbocycles. The summed E-state index contributed by atoms with van der Waals surface area (Å²) in [7, 11) is 0. The lowest BCUT2D eigenvalue weighted by molar-refractivity contribution is 0.103. The van der Waals surface area contributed by atoms with Crippen molar-refractivity contribution >= 4 is 5.78 Å². The molecule has 7 rings (SSSR count). The molecule has 0 N–H and O–H groups in total. The highest BCUT2D eigenvalue weighted by Gasteiger charge is 2.46. The molecule has 0 amide bonds. The number of ether oxygens (including phenoxy) is 2. The molecule has 0 heterocycles. The summed E-state index contributed by atoms with van der Waals surface area (Å²) in [5.41, 5.74) is 10.1. The number of fused-ring (bicyclic) bond motifs is 3. The van der Waals surface area contributed by atoms with E-state index in [1.165, 1.54) is 34.2 Å². The van der Waals surface area contributed by atoms with Crippen molar-refractivity contribution in [3.63, 3.8) is 0 Å². The Morgan fingerprint density at radius 3 is 1.62 bits per heavy atom. The molecule has 3 heteroatoms. The van der Waals surface area contributed by atoms with Gasteiger partial charge in [0.15, 0.2) is 5.78 Å². The van der Waals surface area contributed by atoms with Crippen LogP contribution in [0.3, 0.4) is 0 Å². The average molecular weight is 697 g/mol. The molecule has 0 aromatic heterocycles. The van der Waals surface area contributed by atoms with Crippen molar-refractivity contribution in [1.29, 1.82) is 0 Å². The van der Waals surface area contributed by atoms with Crippen LogP contribution in [0.1, 0.15) is 83.4 Å². The van der Waals surface area contributed by atoms with E-state index >= 15 is 0 Å². The molecule has 0 saturated heterocycles. The Labute approximate surface area is 315 Å². The summed E-state index contributed by atoms with van der Waals surface area (Å²) < 4.78 is 12.8. The molecule has 0 aliphatic heterocycles.